The molecular weight excluding hydrogens is 457 g/mol. The van der Waals surface area contributed by atoms with Gasteiger partial charge < -0.3 is 10.6 Å². The van der Waals surface area contributed by atoms with E-state index in [2.05, 4.69) is 15.6 Å². The summed E-state index contributed by atoms with van der Waals surface area (Å²) in [6, 6.07) is 8.86. The Kier molecular flexibility index (Phi) is 7.20. The van der Waals surface area contributed by atoms with Crippen LogP contribution in [0.2, 0.25) is 0 Å². The molecule has 0 saturated heterocycles. The Morgan fingerprint density at radius 1 is 1.06 bits per heavy atom. The molecule has 7 nitrogen and oxygen atoms in total. The van der Waals surface area contributed by atoms with Crippen molar-refractivity contribution in [1.82, 2.24) is 10.3 Å². The number of rotatable bonds is 6. The molecule has 3 rings (SSSR count). The van der Waals surface area contributed by atoms with Crippen LogP contribution in [0.1, 0.15) is 47.4 Å². The summed E-state index contributed by atoms with van der Waals surface area (Å²) in [6.07, 6.45) is -0.618. The standard InChI is InChI=1S/C22H27F3N4O3S/c1-14-12-18(13-20(26-14)22(23,24)25)27-16-6-8-17(9-7-16)28-21(30)15-4-10-19(11-5-15)29(2)33(3,31)32/h4-5,10-13,16-17H,6-9H2,1-3H3,(H,26,27)(H,28,30)/t16-,17+. The summed E-state index contributed by atoms with van der Waals surface area (Å²) in [7, 11) is -1.95. The maximum atomic E-state index is 13.0. The lowest BCUT2D eigenvalue weighted by molar-refractivity contribution is -0.141. The number of aromatic nitrogens is 1. The number of amides is 1. The van der Waals surface area contributed by atoms with Crippen LogP contribution in [0.3, 0.4) is 0 Å². The highest BCUT2D eigenvalue weighted by Gasteiger charge is 2.33. The predicted octanol–water partition coefficient (Wildman–Crippen LogP) is 3.96. The van der Waals surface area contributed by atoms with Gasteiger partial charge in [0, 0.05) is 36.1 Å². The first kappa shape index (κ1) is 24.8. The lowest BCUT2D eigenvalue weighted by Gasteiger charge is -2.30. The van der Waals surface area contributed by atoms with Crippen LogP contribution in [0, 0.1) is 6.92 Å². The molecule has 1 heterocycles. The molecule has 1 amide bonds. The highest BCUT2D eigenvalue weighted by Crippen LogP contribution is 2.31. The first-order valence-electron chi connectivity index (χ1n) is 10.5. The van der Waals surface area contributed by atoms with Crippen molar-refractivity contribution in [3.8, 4) is 0 Å². The second-order valence-electron chi connectivity index (χ2n) is 8.32. The average Bonchev–Trinajstić information content (AvgIpc) is 2.73. The smallest absolute Gasteiger partial charge is 0.382 e. The molecule has 11 heteroatoms. The van der Waals surface area contributed by atoms with Gasteiger partial charge in [0.25, 0.3) is 5.91 Å². The van der Waals surface area contributed by atoms with Gasteiger partial charge in [-0.25, -0.2) is 13.4 Å². The van der Waals surface area contributed by atoms with E-state index in [1.165, 1.54) is 14.0 Å². The number of anilines is 2. The summed E-state index contributed by atoms with van der Waals surface area (Å²) in [6.45, 7) is 1.53. The highest BCUT2D eigenvalue weighted by molar-refractivity contribution is 7.92. The van der Waals surface area contributed by atoms with E-state index in [1.54, 1.807) is 30.3 Å². The summed E-state index contributed by atoms with van der Waals surface area (Å²) < 4.78 is 63.4. The van der Waals surface area contributed by atoms with Gasteiger partial charge in [-0.1, -0.05) is 0 Å². The number of alkyl halides is 3. The van der Waals surface area contributed by atoms with Gasteiger partial charge in [0.05, 0.1) is 11.9 Å². The third-order valence-corrected chi connectivity index (χ3v) is 6.87. The van der Waals surface area contributed by atoms with Crippen molar-refractivity contribution in [3.63, 3.8) is 0 Å². The zero-order valence-electron chi connectivity index (χ0n) is 18.6. The van der Waals surface area contributed by atoms with E-state index in [0.29, 0.717) is 48.3 Å². The fraction of sp³-hybridized carbons (Fsp3) is 0.455. The van der Waals surface area contributed by atoms with E-state index in [0.717, 1.165) is 16.6 Å². The fourth-order valence-corrected chi connectivity index (χ4v) is 4.30. The van der Waals surface area contributed by atoms with Crippen LogP contribution in [-0.4, -0.2) is 44.7 Å². The van der Waals surface area contributed by atoms with E-state index < -0.39 is 21.9 Å². The molecule has 2 aromatic rings. The number of aryl methyl sites for hydroxylation is 1. The molecule has 1 aromatic heterocycles. The van der Waals surface area contributed by atoms with Gasteiger partial charge in [-0.15, -0.1) is 0 Å². The Morgan fingerprint density at radius 3 is 2.18 bits per heavy atom. The van der Waals surface area contributed by atoms with Gasteiger partial charge in [0.15, 0.2) is 0 Å². The van der Waals surface area contributed by atoms with E-state index in [-0.39, 0.29) is 18.0 Å². The lowest BCUT2D eigenvalue weighted by Crippen LogP contribution is -2.40. The molecule has 0 aliphatic heterocycles. The highest BCUT2D eigenvalue weighted by atomic mass is 32.2. The van der Waals surface area contributed by atoms with Gasteiger partial charge in [0.1, 0.15) is 5.69 Å². The first-order valence-corrected chi connectivity index (χ1v) is 12.3. The first-order chi connectivity index (χ1) is 15.3. The van der Waals surface area contributed by atoms with Gasteiger partial charge >= 0.3 is 6.18 Å². The van der Waals surface area contributed by atoms with E-state index in [4.69, 9.17) is 0 Å². The average molecular weight is 485 g/mol. The molecule has 1 aliphatic carbocycles. The Labute approximate surface area is 191 Å². The minimum Gasteiger partial charge on any atom is -0.382 e. The monoisotopic (exact) mass is 484 g/mol. The van der Waals surface area contributed by atoms with Crippen molar-refractivity contribution in [2.45, 2.75) is 50.9 Å². The normalized spacial score (nSPS) is 19.1. The van der Waals surface area contributed by atoms with Crippen LogP contribution in [0.25, 0.3) is 0 Å². The maximum Gasteiger partial charge on any atom is 0.433 e. The molecule has 0 unspecified atom stereocenters. The predicted molar refractivity (Wildman–Crippen MR) is 121 cm³/mol. The van der Waals surface area contributed by atoms with Gasteiger partial charge in [-0.05, 0) is 69.0 Å². The van der Waals surface area contributed by atoms with E-state index >= 15 is 0 Å². The van der Waals surface area contributed by atoms with Crippen LogP contribution >= 0.6 is 0 Å². The molecule has 1 aliphatic rings. The number of benzene rings is 1. The van der Waals surface area contributed by atoms with Gasteiger partial charge in [-0.3, -0.25) is 9.10 Å². The fourth-order valence-electron chi connectivity index (χ4n) is 3.80. The van der Waals surface area contributed by atoms with Crippen molar-refractivity contribution in [2.24, 2.45) is 0 Å². The maximum absolute atomic E-state index is 13.0. The number of hydrogen-bond acceptors (Lipinski definition) is 5. The second-order valence-corrected chi connectivity index (χ2v) is 10.3. The largest absolute Gasteiger partial charge is 0.433 e. The Bertz CT molecular complexity index is 1100. The third kappa shape index (κ3) is 6.59. The molecule has 1 aromatic carbocycles. The summed E-state index contributed by atoms with van der Waals surface area (Å²) in [4.78, 5) is 16.1. The van der Waals surface area contributed by atoms with Crippen LogP contribution in [0.15, 0.2) is 36.4 Å². The Morgan fingerprint density at radius 2 is 1.64 bits per heavy atom. The number of halogens is 3. The quantitative estimate of drug-likeness (QED) is 0.648. The van der Waals surface area contributed by atoms with Crippen molar-refractivity contribution >= 4 is 27.3 Å². The van der Waals surface area contributed by atoms with E-state index in [1.807, 2.05) is 0 Å². The lowest BCUT2D eigenvalue weighted by atomic mass is 9.90. The van der Waals surface area contributed by atoms with Crippen molar-refractivity contribution in [2.75, 3.05) is 22.9 Å². The van der Waals surface area contributed by atoms with Crippen molar-refractivity contribution in [3.05, 3.63) is 53.3 Å². The van der Waals surface area contributed by atoms with Crippen LogP contribution < -0.4 is 14.9 Å². The molecule has 1 fully saturated rings. The molecule has 33 heavy (non-hydrogen) atoms. The van der Waals surface area contributed by atoms with Gasteiger partial charge in [0.2, 0.25) is 10.0 Å². The zero-order valence-corrected chi connectivity index (χ0v) is 19.4. The second kappa shape index (κ2) is 9.58. The summed E-state index contributed by atoms with van der Waals surface area (Å²) in [5.74, 6) is -0.250. The van der Waals surface area contributed by atoms with Crippen LogP contribution in [0.4, 0.5) is 24.5 Å². The van der Waals surface area contributed by atoms with Crippen LogP contribution in [-0.2, 0) is 16.2 Å². The minimum atomic E-state index is -4.50. The number of carbonyl (C=O) groups is 1. The molecule has 0 bridgehead atoms. The molecule has 0 atom stereocenters. The topological polar surface area (TPSA) is 91.4 Å². The number of carbonyl (C=O) groups excluding carboxylic acids is 1. The minimum absolute atomic E-state index is 0.00634. The molecular formula is C22H27F3N4O3S. The third-order valence-electron chi connectivity index (χ3n) is 5.67. The number of nitrogens with zero attached hydrogens (tertiary/aromatic N) is 2. The summed E-state index contributed by atoms with van der Waals surface area (Å²) in [5, 5.41) is 6.14. The van der Waals surface area contributed by atoms with Crippen molar-refractivity contribution in [1.29, 1.82) is 0 Å². The summed E-state index contributed by atoms with van der Waals surface area (Å²) >= 11 is 0. The molecule has 0 spiro atoms. The van der Waals surface area contributed by atoms with Crippen molar-refractivity contribution < 1.29 is 26.4 Å². The number of sulfonamides is 1. The molecule has 180 valence electrons. The van der Waals surface area contributed by atoms with Gasteiger partial charge in [-0.2, -0.15) is 13.2 Å². The Balaban J connectivity index is 1.53. The SMILES string of the molecule is Cc1cc(N[C@H]2CC[C@@H](NC(=O)c3ccc(N(C)S(C)(=O)=O)cc3)CC2)cc(C(F)(F)F)n1. The molecule has 1 saturated carbocycles. The number of pyridine rings is 1. The zero-order chi connectivity index (χ0) is 24.4. The summed E-state index contributed by atoms with van der Waals surface area (Å²) in [5.41, 5.74) is 0.650. The molecule has 0 radical (unpaired) electrons. The Hall–Kier alpha value is -2.82. The molecule has 2 N–H and O–H groups in total. The van der Waals surface area contributed by atoms with Crippen LogP contribution in [0.5, 0.6) is 0 Å². The number of hydrogen-bond donors (Lipinski definition) is 2. The van der Waals surface area contributed by atoms with E-state index in [9.17, 15) is 26.4 Å². The number of nitrogens with one attached hydrogen (secondary N) is 2.